The molecule has 3 rings (SSSR count). The van der Waals surface area contributed by atoms with Crippen molar-refractivity contribution in [2.75, 3.05) is 6.54 Å². The van der Waals surface area contributed by atoms with Gasteiger partial charge < -0.3 is 15.3 Å². The highest BCUT2D eigenvalue weighted by atomic mass is 16.4. The van der Waals surface area contributed by atoms with Gasteiger partial charge in [-0.1, -0.05) is 29.8 Å². The topological polar surface area (TPSA) is 69.6 Å². The average molecular weight is 260 g/mol. The van der Waals surface area contributed by atoms with E-state index in [9.17, 15) is 9.59 Å². The van der Waals surface area contributed by atoms with Gasteiger partial charge in [-0.05, 0) is 18.9 Å². The van der Waals surface area contributed by atoms with Gasteiger partial charge >= 0.3 is 12.0 Å². The highest BCUT2D eigenvalue weighted by Gasteiger charge is 2.51. The minimum atomic E-state index is -0.809. The first kappa shape index (κ1) is 12.0. The van der Waals surface area contributed by atoms with Crippen molar-refractivity contribution in [2.24, 2.45) is 5.92 Å². The zero-order valence-electron chi connectivity index (χ0n) is 10.7. The minimum absolute atomic E-state index is 0.0394. The molecule has 0 bridgehead atoms. The fourth-order valence-electron chi connectivity index (χ4n) is 2.71. The maximum absolute atomic E-state index is 11.9. The first-order valence-electron chi connectivity index (χ1n) is 6.43. The molecule has 0 spiro atoms. The molecule has 1 aromatic rings. The predicted molar refractivity (Wildman–Crippen MR) is 68.7 cm³/mol. The monoisotopic (exact) mass is 260 g/mol. The number of nitrogens with one attached hydrogen (secondary N) is 1. The molecule has 1 saturated carbocycles. The highest BCUT2D eigenvalue weighted by Crippen LogP contribution is 2.38. The number of nitrogens with zero attached hydrogens (tertiary/aromatic N) is 1. The molecule has 2 amide bonds. The molecule has 100 valence electrons. The van der Waals surface area contributed by atoms with E-state index in [0.717, 1.165) is 11.1 Å². The number of carboxylic acid groups (broad SMARTS) is 1. The fraction of sp³-hybridized carbons (Fsp3) is 0.429. The molecule has 2 aliphatic rings. The Morgan fingerprint density at radius 2 is 2.26 bits per heavy atom. The summed E-state index contributed by atoms with van der Waals surface area (Å²) in [5, 5.41) is 11.9. The first-order chi connectivity index (χ1) is 9.06. The third-order valence-electron chi connectivity index (χ3n) is 3.86. The number of hydrogen-bond acceptors (Lipinski definition) is 2. The van der Waals surface area contributed by atoms with Crippen LogP contribution in [0, 0.1) is 12.8 Å². The van der Waals surface area contributed by atoms with Crippen molar-refractivity contribution in [3.63, 3.8) is 0 Å². The summed E-state index contributed by atoms with van der Waals surface area (Å²) < 4.78 is 0. The van der Waals surface area contributed by atoms with Gasteiger partial charge in [-0.2, -0.15) is 0 Å². The molecule has 0 radical (unpaired) electrons. The molecule has 1 aromatic carbocycles. The van der Waals surface area contributed by atoms with E-state index >= 15 is 0 Å². The van der Waals surface area contributed by atoms with Gasteiger partial charge in [-0.25, -0.2) is 4.79 Å². The van der Waals surface area contributed by atoms with Crippen LogP contribution in [0.15, 0.2) is 24.3 Å². The number of benzene rings is 1. The van der Waals surface area contributed by atoms with Crippen LogP contribution < -0.4 is 5.32 Å². The molecule has 19 heavy (non-hydrogen) atoms. The third kappa shape index (κ3) is 2.16. The molecular formula is C14H16N2O3. The Hall–Kier alpha value is -2.04. The van der Waals surface area contributed by atoms with Crippen molar-refractivity contribution >= 4 is 12.0 Å². The lowest BCUT2D eigenvalue weighted by atomic mass is 10.1. The molecule has 1 heterocycles. The summed E-state index contributed by atoms with van der Waals surface area (Å²) in [5.74, 6) is -1.20. The molecule has 2 N–H and O–H groups in total. The van der Waals surface area contributed by atoms with Gasteiger partial charge in [0.15, 0.2) is 0 Å². The Kier molecular flexibility index (Phi) is 2.69. The van der Waals surface area contributed by atoms with Crippen LogP contribution in [0.4, 0.5) is 4.79 Å². The third-order valence-corrected chi connectivity index (χ3v) is 3.86. The number of urea groups is 1. The summed E-state index contributed by atoms with van der Waals surface area (Å²) in [6.45, 7) is 2.57. The van der Waals surface area contributed by atoms with E-state index in [4.69, 9.17) is 5.11 Å². The number of aliphatic carboxylic acids is 1. The van der Waals surface area contributed by atoms with E-state index in [2.05, 4.69) is 11.4 Å². The van der Waals surface area contributed by atoms with Crippen molar-refractivity contribution < 1.29 is 14.7 Å². The SMILES string of the molecule is Cc1cccc(C2CN(C3CC3C(=O)O)C(=O)N2)c1. The summed E-state index contributed by atoms with van der Waals surface area (Å²) in [6, 6.07) is 7.70. The predicted octanol–water partition coefficient (Wildman–Crippen LogP) is 1.53. The molecule has 1 aliphatic carbocycles. The zero-order chi connectivity index (χ0) is 13.6. The molecule has 1 saturated heterocycles. The Labute approximate surface area is 111 Å². The van der Waals surface area contributed by atoms with E-state index in [0.29, 0.717) is 13.0 Å². The second kappa shape index (κ2) is 4.26. The first-order valence-corrected chi connectivity index (χ1v) is 6.43. The Bertz CT molecular complexity index is 543. The minimum Gasteiger partial charge on any atom is -0.481 e. The number of hydrogen-bond donors (Lipinski definition) is 2. The summed E-state index contributed by atoms with van der Waals surface area (Å²) in [4.78, 5) is 24.4. The lowest BCUT2D eigenvalue weighted by Crippen LogP contribution is -2.32. The van der Waals surface area contributed by atoms with Gasteiger partial charge in [0.05, 0.1) is 12.0 Å². The van der Waals surface area contributed by atoms with Crippen molar-refractivity contribution in [1.82, 2.24) is 10.2 Å². The summed E-state index contributed by atoms with van der Waals surface area (Å²) >= 11 is 0. The number of rotatable bonds is 3. The number of carboxylic acids is 1. The van der Waals surface area contributed by atoms with Crippen molar-refractivity contribution in [1.29, 1.82) is 0 Å². The van der Waals surface area contributed by atoms with E-state index < -0.39 is 5.97 Å². The highest BCUT2D eigenvalue weighted by molar-refractivity contribution is 5.81. The van der Waals surface area contributed by atoms with Gasteiger partial charge in [-0.15, -0.1) is 0 Å². The van der Waals surface area contributed by atoms with E-state index in [1.54, 1.807) is 4.90 Å². The summed E-state index contributed by atoms with van der Waals surface area (Å²) in [7, 11) is 0. The Morgan fingerprint density at radius 1 is 1.47 bits per heavy atom. The molecule has 3 atom stereocenters. The molecule has 5 heteroatoms. The number of carbonyl (C=O) groups is 2. The van der Waals surface area contributed by atoms with Crippen LogP contribution in [0.2, 0.25) is 0 Å². The van der Waals surface area contributed by atoms with Crippen molar-refractivity contribution in [3.05, 3.63) is 35.4 Å². The zero-order valence-corrected chi connectivity index (χ0v) is 10.7. The lowest BCUT2D eigenvalue weighted by molar-refractivity contribution is -0.138. The van der Waals surface area contributed by atoms with Gasteiger partial charge in [0, 0.05) is 12.6 Å². The Balaban J connectivity index is 1.72. The second-order valence-electron chi connectivity index (χ2n) is 5.32. The standard InChI is InChI=1S/C14H16N2O3/c1-8-3-2-4-9(5-8)11-7-16(14(19)15-11)12-6-10(12)13(17)18/h2-5,10-12H,6-7H2,1H3,(H,15,19)(H,17,18). The van der Waals surface area contributed by atoms with Crippen LogP contribution in [-0.2, 0) is 4.79 Å². The maximum Gasteiger partial charge on any atom is 0.318 e. The van der Waals surface area contributed by atoms with Crippen LogP contribution in [0.25, 0.3) is 0 Å². The van der Waals surface area contributed by atoms with Crippen LogP contribution in [0.3, 0.4) is 0 Å². The maximum atomic E-state index is 11.9. The van der Waals surface area contributed by atoms with Gasteiger partial charge in [-0.3, -0.25) is 4.79 Å². The number of carbonyl (C=O) groups excluding carboxylic acids is 1. The van der Waals surface area contributed by atoms with Crippen LogP contribution in [0.5, 0.6) is 0 Å². The molecular weight excluding hydrogens is 244 g/mol. The lowest BCUT2D eigenvalue weighted by Gasteiger charge is -2.14. The summed E-state index contributed by atoms with van der Waals surface area (Å²) in [6.07, 6.45) is 0.573. The largest absolute Gasteiger partial charge is 0.481 e. The van der Waals surface area contributed by atoms with E-state index in [1.807, 2.05) is 25.1 Å². The molecule has 5 nitrogen and oxygen atoms in total. The normalized spacial score (nSPS) is 29.2. The van der Waals surface area contributed by atoms with Crippen molar-refractivity contribution in [2.45, 2.75) is 25.4 Å². The average Bonchev–Trinajstić information content (AvgIpc) is 3.06. The smallest absolute Gasteiger partial charge is 0.318 e. The molecule has 3 unspecified atom stereocenters. The fourth-order valence-corrected chi connectivity index (χ4v) is 2.71. The molecule has 1 aliphatic heterocycles. The van der Waals surface area contributed by atoms with Crippen LogP contribution >= 0.6 is 0 Å². The van der Waals surface area contributed by atoms with E-state index in [1.165, 1.54) is 0 Å². The van der Waals surface area contributed by atoms with Crippen LogP contribution in [0.1, 0.15) is 23.6 Å². The van der Waals surface area contributed by atoms with Crippen molar-refractivity contribution in [3.8, 4) is 0 Å². The van der Waals surface area contributed by atoms with Gasteiger partial charge in [0.25, 0.3) is 0 Å². The van der Waals surface area contributed by atoms with Crippen LogP contribution in [-0.4, -0.2) is 34.6 Å². The molecule has 0 aromatic heterocycles. The Morgan fingerprint density at radius 3 is 2.89 bits per heavy atom. The summed E-state index contributed by atoms with van der Waals surface area (Å²) in [5.41, 5.74) is 2.23. The number of amides is 2. The second-order valence-corrected chi connectivity index (χ2v) is 5.32. The van der Waals surface area contributed by atoms with Gasteiger partial charge in [0.1, 0.15) is 0 Å². The van der Waals surface area contributed by atoms with E-state index in [-0.39, 0.29) is 24.0 Å². The number of aryl methyl sites for hydroxylation is 1. The molecule has 2 fully saturated rings. The van der Waals surface area contributed by atoms with Gasteiger partial charge in [0.2, 0.25) is 0 Å². The quantitative estimate of drug-likeness (QED) is 0.866.